The van der Waals surface area contributed by atoms with Gasteiger partial charge in [0.05, 0.1) is 0 Å². The summed E-state index contributed by atoms with van der Waals surface area (Å²) >= 11 is 0. The van der Waals surface area contributed by atoms with Crippen molar-refractivity contribution in [1.82, 2.24) is 4.90 Å². The highest BCUT2D eigenvalue weighted by atomic mass is 15.1. The normalized spacial score (nSPS) is 26.8. The number of hydrogen-bond donors (Lipinski definition) is 0. The van der Waals surface area contributed by atoms with Gasteiger partial charge in [0.1, 0.15) is 0 Å². The topological polar surface area (TPSA) is 3.24 Å². The molecule has 16 heavy (non-hydrogen) atoms. The molecule has 0 N–H and O–H groups in total. The fourth-order valence-corrected chi connectivity index (χ4v) is 2.64. The molecule has 0 saturated carbocycles. The molecule has 1 heteroatoms. The first-order chi connectivity index (χ1) is 7.66. The van der Waals surface area contributed by atoms with E-state index >= 15 is 0 Å². The third-order valence-corrected chi connectivity index (χ3v) is 3.85. The van der Waals surface area contributed by atoms with E-state index in [1.54, 1.807) is 5.57 Å². The molecular formula is C15H23N. The lowest BCUT2D eigenvalue weighted by Gasteiger charge is -2.34. The van der Waals surface area contributed by atoms with E-state index in [0.29, 0.717) is 0 Å². The second kappa shape index (κ2) is 4.90. The largest absolute Gasteiger partial charge is 0.375 e. The van der Waals surface area contributed by atoms with Gasteiger partial charge in [0, 0.05) is 18.8 Å². The SMILES string of the molecule is C=C(C)N1CCC(C2=CCC(C)C=C2)CC1. The number of hydrogen-bond acceptors (Lipinski definition) is 1. The number of rotatable bonds is 2. The van der Waals surface area contributed by atoms with Gasteiger partial charge in [0.25, 0.3) is 0 Å². The molecule has 88 valence electrons. The van der Waals surface area contributed by atoms with Crippen molar-refractivity contribution in [2.45, 2.75) is 33.1 Å². The first-order valence-corrected chi connectivity index (χ1v) is 6.45. The predicted octanol–water partition coefficient (Wildman–Crippen LogP) is 3.75. The molecule has 0 aromatic rings. The van der Waals surface area contributed by atoms with Crippen molar-refractivity contribution in [3.63, 3.8) is 0 Å². The van der Waals surface area contributed by atoms with Crippen LogP contribution in [0.5, 0.6) is 0 Å². The highest BCUT2D eigenvalue weighted by Gasteiger charge is 2.21. The average molecular weight is 217 g/mol. The molecule has 1 nitrogen and oxygen atoms in total. The van der Waals surface area contributed by atoms with Gasteiger partial charge in [-0.3, -0.25) is 0 Å². The Labute approximate surface area is 99.5 Å². The van der Waals surface area contributed by atoms with Crippen LogP contribution < -0.4 is 0 Å². The van der Waals surface area contributed by atoms with Crippen LogP contribution in [0.2, 0.25) is 0 Å². The summed E-state index contributed by atoms with van der Waals surface area (Å²) in [6.45, 7) is 10.8. The summed E-state index contributed by atoms with van der Waals surface area (Å²) in [5.41, 5.74) is 2.81. The van der Waals surface area contributed by atoms with Crippen LogP contribution >= 0.6 is 0 Å². The third kappa shape index (κ3) is 2.58. The Bertz CT molecular complexity index is 316. The van der Waals surface area contributed by atoms with Crippen molar-refractivity contribution in [1.29, 1.82) is 0 Å². The molecular weight excluding hydrogens is 194 g/mol. The Hall–Kier alpha value is -0.980. The predicted molar refractivity (Wildman–Crippen MR) is 70.1 cm³/mol. The van der Waals surface area contributed by atoms with Crippen molar-refractivity contribution in [3.8, 4) is 0 Å². The van der Waals surface area contributed by atoms with E-state index < -0.39 is 0 Å². The molecule has 0 radical (unpaired) electrons. The highest BCUT2D eigenvalue weighted by molar-refractivity contribution is 5.26. The molecule has 0 amide bonds. The van der Waals surface area contributed by atoms with Crippen LogP contribution in [0.15, 0.2) is 36.1 Å². The zero-order valence-corrected chi connectivity index (χ0v) is 10.6. The lowest BCUT2D eigenvalue weighted by atomic mass is 9.84. The van der Waals surface area contributed by atoms with E-state index in [0.717, 1.165) is 11.8 Å². The summed E-state index contributed by atoms with van der Waals surface area (Å²) in [4.78, 5) is 2.41. The van der Waals surface area contributed by atoms with E-state index in [9.17, 15) is 0 Å². The van der Waals surface area contributed by atoms with Crippen molar-refractivity contribution in [2.24, 2.45) is 11.8 Å². The molecule has 2 aliphatic rings. The molecule has 1 aliphatic heterocycles. The minimum Gasteiger partial charge on any atom is -0.375 e. The van der Waals surface area contributed by atoms with Gasteiger partial charge in [-0.2, -0.15) is 0 Å². The van der Waals surface area contributed by atoms with Gasteiger partial charge in [-0.1, -0.05) is 31.7 Å². The minimum absolute atomic E-state index is 0.735. The average Bonchev–Trinajstić information content (AvgIpc) is 2.30. The van der Waals surface area contributed by atoms with Crippen molar-refractivity contribution >= 4 is 0 Å². The van der Waals surface area contributed by atoms with Gasteiger partial charge in [0.15, 0.2) is 0 Å². The second-order valence-electron chi connectivity index (χ2n) is 5.27. The van der Waals surface area contributed by atoms with Gasteiger partial charge < -0.3 is 4.90 Å². The maximum atomic E-state index is 4.02. The Kier molecular flexibility index (Phi) is 3.52. The Morgan fingerprint density at radius 1 is 1.38 bits per heavy atom. The molecule has 1 aliphatic carbocycles. The summed E-state index contributed by atoms with van der Waals surface area (Å²) in [5, 5.41) is 0. The standard InChI is InChI=1S/C15H23N/c1-12(2)16-10-8-15(9-11-16)14-6-4-13(3)5-7-14/h4,6-7,13,15H,1,5,8-11H2,2-3H3. The molecule has 0 aromatic heterocycles. The molecule has 1 atom stereocenters. The van der Waals surface area contributed by atoms with Crippen LogP contribution in [0.25, 0.3) is 0 Å². The molecule has 0 bridgehead atoms. The molecule has 0 aromatic carbocycles. The number of piperidine rings is 1. The van der Waals surface area contributed by atoms with Crippen LogP contribution in [0.4, 0.5) is 0 Å². The number of allylic oxidation sites excluding steroid dienone is 5. The van der Waals surface area contributed by atoms with Gasteiger partial charge >= 0.3 is 0 Å². The maximum Gasteiger partial charge on any atom is 0.0180 e. The van der Waals surface area contributed by atoms with Crippen molar-refractivity contribution in [2.75, 3.05) is 13.1 Å². The summed E-state index contributed by atoms with van der Waals surface area (Å²) in [5.74, 6) is 1.53. The smallest absolute Gasteiger partial charge is 0.0180 e. The maximum absolute atomic E-state index is 4.02. The zero-order chi connectivity index (χ0) is 11.5. The van der Waals surface area contributed by atoms with Crippen molar-refractivity contribution < 1.29 is 0 Å². The third-order valence-electron chi connectivity index (χ3n) is 3.85. The van der Waals surface area contributed by atoms with Gasteiger partial charge in [0.2, 0.25) is 0 Å². The van der Waals surface area contributed by atoms with E-state index in [1.807, 2.05) is 0 Å². The van der Waals surface area contributed by atoms with E-state index in [1.165, 1.54) is 38.0 Å². The van der Waals surface area contributed by atoms with Crippen LogP contribution in [0.3, 0.4) is 0 Å². The molecule has 0 spiro atoms. The first-order valence-electron chi connectivity index (χ1n) is 6.45. The Morgan fingerprint density at radius 2 is 2.06 bits per heavy atom. The second-order valence-corrected chi connectivity index (χ2v) is 5.27. The quantitative estimate of drug-likeness (QED) is 0.681. The van der Waals surface area contributed by atoms with Gasteiger partial charge in [-0.05, 0) is 43.6 Å². The minimum atomic E-state index is 0.735. The van der Waals surface area contributed by atoms with E-state index in [2.05, 4.69) is 43.6 Å². The monoisotopic (exact) mass is 217 g/mol. The summed E-state index contributed by atoms with van der Waals surface area (Å²) < 4.78 is 0. The molecule has 1 fully saturated rings. The lowest BCUT2D eigenvalue weighted by Crippen LogP contribution is -2.32. The molecule has 2 rings (SSSR count). The zero-order valence-electron chi connectivity index (χ0n) is 10.6. The summed E-state index contributed by atoms with van der Waals surface area (Å²) in [7, 11) is 0. The highest BCUT2D eigenvalue weighted by Crippen LogP contribution is 2.30. The molecule has 1 saturated heterocycles. The molecule has 1 heterocycles. The Morgan fingerprint density at radius 3 is 2.56 bits per heavy atom. The van der Waals surface area contributed by atoms with Crippen LogP contribution in [0.1, 0.15) is 33.1 Å². The van der Waals surface area contributed by atoms with Crippen LogP contribution in [0, 0.1) is 11.8 Å². The first kappa shape index (κ1) is 11.5. The fourth-order valence-electron chi connectivity index (χ4n) is 2.64. The number of nitrogens with zero attached hydrogens (tertiary/aromatic N) is 1. The summed E-state index contributed by atoms with van der Waals surface area (Å²) in [6, 6.07) is 0. The Balaban J connectivity index is 1.90. The fraction of sp³-hybridized carbons (Fsp3) is 0.600. The molecule has 1 unspecified atom stereocenters. The van der Waals surface area contributed by atoms with Crippen LogP contribution in [-0.4, -0.2) is 18.0 Å². The van der Waals surface area contributed by atoms with Crippen molar-refractivity contribution in [3.05, 3.63) is 36.1 Å². The van der Waals surface area contributed by atoms with Crippen LogP contribution in [-0.2, 0) is 0 Å². The van der Waals surface area contributed by atoms with E-state index in [-0.39, 0.29) is 0 Å². The van der Waals surface area contributed by atoms with Gasteiger partial charge in [-0.25, -0.2) is 0 Å². The van der Waals surface area contributed by atoms with Gasteiger partial charge in [-0.15, -0.1) is 0 Å². The number of likely N-dealkylation sites (tertiary alicyclic amines) is 1. The van der Waals surface area contributed by atoms with E-state index in [4.69, 9.17) is 0 Å². The summed E-state index contributed by atoms with van der Waals surface area (Å²) in [6.07, 6.45) is 11.0. The lowest BCUT2D eigenvalue weighted by molar-refractivity contribution is 0.248.